The van der Waals surface area contributed by atoms with E-state index in [1.165, 1.54) is 0 Å². The molecule has 0 spiro atoms. The highest BCUT2D eigenvalue weighted by molar-refractivity contribution is 7.89. The van der Waals surface area contributed by atoms with E-state index in [2.05, 4.69) is 9.44 Å². The fraction of sp³-hybridized carbons (Fsp3) is 0.400. The summed E-state index contributed by atoms with van der Waals surface area (Å²) in [5.74, 6) is 0. The Bertz CT molecular complexity index is 889. The Balaban J connectivity index is 1.58. The third-order valence-corrected chi connectivity index (χ3v) is 7.13. The molecular formula is C20H28N2O5S2. The van der Waals surface area contributed by atoms with Gasteiger partial charge in [0.05, 0.1) is 9.79 Å². The molecule has 0 unspecified atom stereocenters. The van der Waals surface area contributed by atoms with Crippen LogP contribution >= 0.6 is 0 Å². The standard InChI is InChI=1S/C20H28N2O5S2/c1-17-5-9-19(10-6-17)28(23,24)21-13-3-15-27-16-4-14-22-29(25,26)20-11-7-18(2)8-12-20/h5-12,21-22H,3-4,13-16H2,1-2H3. The molecule has 0 saturated carbocycles. The van der Waals surface area contributed by atoms with E-state index in [-0.39, 0.29) is 22.9 Å². The average Bonchev–Trinajstić information content (AvgIpc) is 2.67. The Morgan fingerprint density at radius 1 is 0.655 bits per heavy atom. The Labute approximate surface area is 173 Å². The predicted octanol–water partition coefficient (Wildman–Crippen LogP) is 2.36. The molecule has 0 radical (unpaired) electrons. The summed E-state index contributed by atoms with van der Waals surface area (Å²) in [6.45, 7) is 5.12. The first-order chi connectivity index (χ1) is 13.7. The molecule has 29 heavy (non-hydrogen) atoms. The molecule has 0 aliphatic carbocycles. The van der Waals surface area contributed by atoms with E-state index in [4.69, 9.17) is 4.74 Å². The first-order valence-corrected chi connectivity index (χ1v) is 12.4. The highest BCUT2D eigenvalue weighted by Crippen LogP contribution is 2.10. The van der Waals surface area contributed by atoms with Crippen LogP contribution in [0.5, 0.6) is 0 Å². The average molecular weight is 441 g/mol. The van der Waals surface area contributed by atoms with Crippen molar-refractivity contribution in [3.05, 3.63) is 59.7 Å². The molecule has 9 heteroatoms. The molecule has 0 aromatic heterocycles. The summed E-state index contributed by atoms with van der Waals surface area (Å²) < 4.78 is 59.0. The first kappa shape index (κ1) is 23.5. The summed E-state index contributed by atoms with van der Waals surface area (Å²) in [5.41, 5.74) is 2.00. The maximum Gasteiger partial charge on any atom is 0.240 e. The number of ether oxygens (including phenoxy) is 1. The third kappa shape index (κ3) is 7.87. The van der Waals surface area contributed by atoms with Gasteiger partial charge in [0, 0.05) is 26.3 Å². The predicted molar refractivity (Wildman–Crippen MR) is 113 cm³/mol. The van der Waals surface area contributed by atoms with Crippen molar-refractivity contribution in [1.82, 2.24) is 9.44 Å². The second-order valence-corrected chi connectivity index (χ2v) is 10.3. The van der Waals surface area contributed by atoms with Gasteiger partial charge in [-0.3, -0.25) is 0 Å². The van der Waals surface area contributed by atoms with Gasteiger partial charge in [-0.15, -0.1) is 0 Å². The zero-order valence-electron chi connectivity index (χ0n) is 16.7. The van der Waals surface area contributed by atoms with Crippen LogP contribution in [0.4, 0.5) is 0 Å². The van der Waals surface area contributed by atoms with E-state index < -0.39 is 20.0 Å². The van der Waals surface area contributed by atoms with Crippen LogP contribution in [-0.4, -0.2) is 43.1 Å². The van der Waals surface area contributed by atoms with Gasteiger partial charge in [0.2, 0.25) is 20.0 Å². The van der Waals surface area contributed by atoms with Crippen LogP contribution in [0, 0.1) is 13.8 Å². The molecule has 0 aliphatic rings. The SMILES string of the molecule is Cc1ccc(S(=O)(=O)NCCCOCCCNS(=O)(=O)c2ccc(C)cc2)cc1. The number of benzene rings is 2. The van der Waals surface area contributed by atoms with Crippen LogP contribution in [0.1, 0.15) is 24.0 Å². The molecule has 7 nitrogen and oxygen atoms in total. The molecule has 0 amide bonds. The Hall–Kier alpha value is -1.78. The van der Waals surface area contributed by atoms with Gasteiger partial charge >= 0.3 is 0 Å². The molecule has 0 fully saturated rings. The van der Waals surface area contributed by atoms with Crippen molar-refractivity contribution in [2.45, 2.75) is 36.5 Å². The molecule has 2 rings (SSSR count). The lowest BCUT2D eigenvalue weighted by Gasteiger charge is -2.09. The lowest BCUT2D eigenvalue weighted by Crippen LogP contribution is -2.26. The molecule has 0 heterocycles. The van der Waals surface area contributed by atoms with Gasteiger partial charge < -0.3 is 4.74 Å². The number of hydrogen-bond acceptors (Lipinski definition) is 5. The quantitative estimate of drug-likeness (QED) is 0.494. The van der Waals surface area contributed by atoms with Crippen molar-refractivity contribution >= 4 is 20.0 Å². The summed E-state index contributed by atoms with van der Waals surface area (Å²) in [6.07, 6.45) is 1.06. The Morgan fingerprint density at radius 2 is 1.00 bits per heavy atom. The maximum absolute atomic E-state index is 12.1. The smallest absolute Gasteiger partial charge is 0.240 e. The van der Waals surface area contributed by atoms with Crippen molar-refractivity contribution in [2.24, 2.45) is 0 Å². The molecule has 2 N–H and O–H groups in total. The highest BCUT2D eigenvalue weighted by Gasteiger charge is 2.13. The van der Waals surface area contributed by atoms with E-state index >= 15 is 0 Å². The van der Waals surface area contributed by atoms with Gasteiger partial charge in [-0.05, 0) is 51.0 Å². The van der Waals surface area contributed by atoms with E-state index in [1.54, 1.807) is 48.5 Å². The number of nitrogens with one attached hydrogen (secondary N) is 2. The largest absolute Gasteiger partial charge is 0.381 e. The van der Waals surface area contributed by atoms with Crippen LogP contribution < -0.4 is 9.44 Å². The van der Waals surface area contributed by atoms with Crippen LogP contribution in [0.15, 0.2) is 58.3 Å². The molecular weight excluding hydrogens is 412 g/mol. The van der Waals surface area contributed by atoms with Gasteiger partial charge in [0.25, 0.3) is 0 Å². The number of rotatable bonds is 12. The minimum atomic E-state index is -3.51. The molecule has 0 aliphatic heterocycles. The normalized spacial score (nSPS) is 12.2. The summed E-state index contributed by atoms with van der Waals surface area (Å²) in [5, 5.41) is 0. The van der Waals surface area contributed by atoms with Crippen LogP contribution in [-0.2, 0) is 24.8 Å². The molecule has 2 aromatic rings. The Morgan fingerprint density at radius 3 is 1.34 bits per heavy atom. The molecule has 2 aromatic carbocycles. The maximum atomic E-state index is 12.1. The number of aryl methyl sites for hydroxylation is 2. The summed E-state index contributed by atoms with van der Waals surface area (Å²) in [6, 6.07) is 13.3. The minimum Gasteiger partial charge on any atom is -0.381 e. The highest BCUT2D eigenvalue weighted by atomic mass is 32.2. The molecule has 0 saturated heterocycles. The van der Waals surface area contributed by atoms with Crippen LogP contribution in [0.2, 0.25) is 0 Å². The number of sulfonamides is 2. The topological polar surface area (TPSA) is 102 Å². The molecule has 0 atom stereocenters. The Kier molecular flexibility index (Phi) is 8.79. The van der Waals surface area contributed by atoms with Crippen LogP contribution in [0.3, 0.4) is 0 Å². The van der Waals surface area contributed by atoms with Gasteiger partial charge in [0.1, 0.15) is 0 Å². The lowest BCUT2D eigenvalue weighted by molar-refractivity contribution is 0.131. The van der Waals surface area contributed by atoms with E-state index in [0.717, 1.165) is 11.1 Å². The molecule has 0 bridgehead atoms. The van der Waals surface area contributed by atoms with Crippen molar-refractivity contribution in [3.63, 3.8) is 0 Å². The zero-order valence-corrected chi connectivity index (χ0v) is 18.4. The van der Waals surface area contributed by atoms with Crippen molar-refractivity contribution in [3.8, 4) is 0 Å². The summed E-state index contributed by atoms with van der Waals surface area (Å²) >= 11 is 0. The second-order valence-electron chi connectivity index (χ2n) is 6.74. The van der Waals surface area contributed by atoms with E-state index in [0.29, 0.717) is 26.1 Å². The van der Waals surface area contributed by atoms with Gasteiger partial charge in [-0.25, -0.2) is 26.3 Å². The van der Waals surface area contributed by atoms with Crippen LogP contribution in [0.25, 0.3) is 0 Å². The summed E-state index contributed by atoms with van der Waals surface area (Å²) in [4.78, 5) is 0.481. The van der Waals surface area contributed by atoms with Gasteiger partial charge in [-0.2, -0.15) is 0 Å². The fourth-order valence-electron chi connectivity index (χ4n) is 2.47. The van der Waals surface area contributed by atoms with E-state index in [9.17, 15) is 16.8 Å². The van der Waals surface area contributed by atoms with E-state index in [1.807, 2.05) is 13.8 Å². The van der Waals surface area contributed by atoms with Crippen molar-refractivity contribution in [2.75, 3.05) is 26.3 Å². The minimum absolute atomic E-state index is 0.241. The lowest BCUT2D eigenvalue weighted by atomic mass is 10.2. The van der Waals surface area contributed by atoms with Gasteiger partial charge in [0.15, 0.2) is 0 Å². The first-order valence-electron chi connectivity index (χ1n) is 9.41. The second kappa shape index (κ2) is 10.8. The number of hydrogen-bond donors (Lipinski definition) is 2. The van der Waals surface area contributed by atoms with Crippen molar-refractivity contribution in [1.29, 1.82) is 0 Å². The molecule has 160 valence electrons. The van der Waals surface area contributed by atoms with Gasteiger partial charge in [-0.1, -0.05) is 35.4 Å². The van der Waals surface area contributed by atoms with Crippen molar-refractivity contribution < 1.29 is 21.6 Å². The fourth-order valence-corrected chi connectivity index (χ4v) is 4.61. The third-order valence-electron chi connectivity index (χ3n) is 4.18. The zero-order chi connectivity index (χ0) is 21.3. The monoisotopic (exact) mass is 440 g/mol. The summed E-state index contributed by atoms with van der Waals surface area (Å²) in [7, 11) is -7.01.